The van der Waals surface area contributed by atoms with E-state index in [0.29, 0.717) is 37.4 Å². The summed E-state index contributed by atoms with van der Waals surface area (Å²) >= 11 is 0. The van der Waals surface area contributed by atoms with Crippen LogP contribution in [0.1, 0.15) is 26.5 Å². The Bertz CT molecular complexity index is 1010. The average molecular weight is 379 g/mol. The van der Waals surface area contributed by atoms with Crippen LogP contribution >= 0.6 is 0 Å². The minimum absolute atomic E-state index is 0.0507. The van der Waals surface area contributed by atoms with Crippen molar-refractivity contribution < 1.29 is 14.3 Å². The third kappa shape index (κ3) is 3.72. The smallest absolute Gasteiger partial charge is 0.271 e. The van der Waals surface area contributed by atoms with Gasteiger partial charge in [0.2, 0.25) is 0 Å². The molecule has 2 aromatic heterocycles. The van der Waals surface area contributed by atoms with Crippen molar-refractivity contribution >= 4 is 22.7 Å². The number of hydrogen-bond donors (Lipinski definition) is 2. The Morgan fingerprint density at radius 3 is 2.96 bits per heavy atom. The zero-order valence-electron chi connectivity index (χ0n) is 15.5. The van der Waals surface area contributed by atoms with Crippen LogP contribution in [0, 0.1) is 0 Å². The highest BCUT2D eigenvalue weighted by Crippen LogP contribution is 2.18. The number of methoxy groups -OCH3 is 1. The summed E-state index contributed by atoms with van der Waals surface area (Å²) in [5.41, 5.74) is 2.78. The van der Waals surface area contributed by atoms with Gasteiger partial charge >= 0.3 is 0 Å². The summed E-state index contributed by atoms with van der Waals surface area (Å²) in [5, 5.41) is 11.1. The number of carbonyl (C=O) groups is 2. The molecule has 1 unspecified atom stereocenters. The van der Waals surface area contributed by atoms with E-state index in [-0.39, 0.29) is 17.9 Å². The summed E-state index contributed by atoms with van der Waals surface area (Å²) in [6.45, 7) is 1.44. The summed E-state index contributed by atoms with van der Waals surface area (Å²) in [7, 11) is 1.58. The molecule has 0 radical (unpaired) electrons. The van der Waals surface area contributed by atoms with Gasteiger partial charge in [-0.25, -0.2) is 0 Å². The fourth-order valence-corrected chi connectivity index (χ4v) is 3.35. The maximum Gasteiger partial charge on any atom is 0.271 e. The van der Waals surface area contributed by atoms with Crippen LogP contribution in [0.4, 0.5) is 0 Å². The second-order valence-corrected chi connectivity index (χ2v) is 6.74. The first kappa shape index (κ1) is 18.1. The first-order chi connectivity index (χ1) is 13.6. The number of hydrogen-bond acceptors (Lipinski definition) is 5. The SMILES string of the molecule is COCCNC(=O)c1cc2n(n1)CC(NC(=O)c1ccc3ncccc3c1)C2. The zero-order valence-corrected chi connectivity index (χ0v) is 15.5. The molecule has 1 atom stereocenters. The second-order valence-electron chi connectivity index (χ2n) is 6.74. The molecule has 0 fully saturated rings. The van der Waals surface area contributed by atoms with E-state index >= 15 is 0 Å². The molecule has 2 amide bonds. The van der Waals surface area contributed by atoms with Crippen LogP contribution < -0.4 is 10.6 Å². The summed E-state index contributed by atoms with van der Waals surface area (Å²) in [5.74, 6) is -0.344. The number of amides is 2. The average Bonchev–Trinajstić information content (AvgIpc) is 3.26. The summed E-state index contributed by atoms with van der Waals surface area (Å²) in [6.07, 6.45) is 2.37. The quantitative estimate of drug-likeness (QED) is 0.627. The van der Waals surface area contributed by atoms with Crippen LogP contribution in [-0.4, -0.2) is 52.9 Å². The van der Waals surface area contributed by atoms with Gasteiger partial charge in [0.15, 0.2) is 0 Å². The molecule has 8 heteroatoms. The van der Waals surface area contributed by atoms with E-state index in [1.165, 1.54) is 0 Å². The van der Waals surface area contributed by atoms with Crippen molar-refractivity contribution in [2.45, 2.75) is 19.0 Å². The van der Waals surface area contributed by atoms with Gasteiger partial charge in [-0.3, -0.25) is 19.3 Å². The van der Waals surface area contributed by atoms with Gasteiger partial charge in [-0.15, -0.1) is 0 Å². The maximum absolute atomic E-state index is 12.6. The summed E-state index contributed by atoms with van der Waals surface area (Å²) < 4.78 is 6.69. The number of nitrogens with one attached hydrogen (secondary N) is 2. The minimum atomic E-state index is -0.218. The third-order valence-electron chi connectivity index (χ3n) is 4.74. The van der Waals surface area contributed by atoms with Gasteiger partial charge in [0.1, 0.15) is 5.69 Å². The van der Waals surface area contributed by atoms with Crippen LogP contribution in [0.5, 0.6) is 0 Å². The van der Waals surface area contributed by atoms with Gasteiger partial charge in [-0.2, -0.15) is 5.10 Å². The summed E-state index contributed by atoms with van der Waals surface area (Å²) in [6, 6.07) is 11.0. The van der Waals surface area contributed by atoms with E-state index in [2.05, 4.69) is 20.7 Å². The Kier molecular flexibility index (Phi) is 5.03. The number of rotatable bonds is 6. The molecule has 28 heavy (non-hydrogen) atoms. The highest BCUT2D eigenvalue weighted by atomic mass is 16.5. The lowest BCUT2D eigenvalue weighted by molar-refractivity contribution is 0.0921. The van der Waals surface area contributed by atoms with Gasteiger partial charge in [-0.05, 0) is 30.3 Å². The van der Waals surface area contributed by atoms with E-state index in [1.807, 2.05) is 24.3 Å². The van der Waals surface area contributed by atoms with E-state index in [1.54, 1.807) is 30.1 Å². The van der Waals surface area contributed by atoms with Crippen LogP contribution in [-0.2, 0) is 17.7 Å². The molecule has 0 bridgehead atoms. The molecule has 2 N–H and O–H groups in total. The zero-order chi connectivity index (χ0) is 19.5. The highest BCUT2D eigenvalue weighted by molar-refractivity contribution is 5.98. The van der Waals surface area contributed by atoms with Crippen molar-refractivity contribution in [3.8, 4) is 0 Å². The molecule has 3 heterocycles. The van der Waals surface area contributed by atoms with Gasteiger partial charge in [-0.1, -0.05) is 6.07 Å². The van der Waals surface area contributed by atoms with Crippen molar-refractivity contribution in [3.05, 3.63) is 59.5 Å². The number of fused-ring (bicyclic) bond motifs is 2. The molecule has 0 aliphatic carbocycles. The first-order valence-electron chi connectivity index (χ1n) is 9.13. The van der Waals surface area contributed by atoms with Crippen LogP contribution in [0.15, 0.2) is 42.6 Å². The van der Waals surface area contributed by atoms with Crippen LogP contribution in [0.3, 0.4) is 0 Å². The molecular formula is C20H21N5O3. The topological polar surface area (TPSA) is 98.1 Å². The monoisotopic (exact) mass is 379 g/mol. The molecule has 4 rings (SSSR count). The van der Waals surface area contributed by atoms with E-state index in [0.717, 1.165) is 16.6 Å². The normalized spacial score (nSPS) is 15.4. The molecule has 0 saturated carbocycles. The maximum atomic E-state index is 12.6. The van der Waals surface area contributed by atoms with Gasteiger partial charge in [0.25, 0.3) is 11.8 Å². The predicted octanol–water partition coefficient (Wildman–Crippen LogP) is 1.16. The molecule has 0 saturated heterocycles. The van der Waals surface area contributed by atoms with E-state index < -0.39 is 0 Å². The standard InChI is InChI=1S/C20H21N5O3/c1-28-8-7-22-20(27)18-11-16-10-15(12-25(16)24-18)23-19(26)14-4-5-17-13(9-14)3-2-6-21-17/h2-6,9,11,15H,7-8,10,12H2,1H3,(H,22,27)(H,23,26). The first-order valence-corrected chi connectivity index (χ1v) is 9.13. The lowest BCUT2D eigenvalue weighted by Crippen LogP contribution is -2.36. The minimum Gasteiger partial charge on any atom is -0.383 e. The predicted molar refractivity (Wildman–Crippen MR) is 103 cm³/mol. The third-order valence-corrected chi connectivity index (χ3v) is 4.74. The molecule has 1 aromatic carbocycles. The van der Waals surface area contributed by atoms with Crippen LogP contribution in [0.25, 0.3) is 10.9 Å². The Morgan fingerprint density at radius 2 is 2.14 bits per heavy atom. The molecule has 1 aliphatic rings. The Morgan fingerprint density at radius 1 is 1.25 bits per heavy atom. The van der Waals surface area contributed by atoms with Crippen molar-refractivity contribution in [2.75, 3.05) is 20.3 Å². The lowest BCUT2D eigenvalue weighted by Gasteiger charge is -2.12. The lowest BCUT2D eigenvalue weighted by atomic mass is 10.1. The number of carbonyl (C=O) groups excluding carboxylic acids is 2. The van der Waals surface area contributed by atoms with Gasteiger partial charge in [0.05, 0.1) is 24.7 Å². The van der Waals surface area contributed by atoms with Gasteiger partial charge < -0.3 is 15.4 Å². The molecule has 8 nitrogen and oxygen atoms in total. The number of pyridine rings is 1. The van der Waals surface area contributed by atoms with E-state index in [4.69, 9.17) is 4.74 Å². The second kappa shape index (κ2) is 7.77. The van der Waals surface area contributed by atoms with Crippen molar-refractivity contribution in [1.82, 2.24) is 25.4 Å². The van der Waals surface area contributed by atoms with Crippen molar-refractivity contribution in [1.29, 1.82) is 0 Å². The summed E-state index contributed by atoms with van der Waals surface area (Å²) in [4.78, 5) is 28.9. The van der Waals surface area contributed by atoms with E-state index in [9.17, 15) is 9.59 Å². The number of ether oxygens (including phenoxy) is 1. The Labute approximate surface area is 161 Å². The Balaban J connectivity index is 1.37. The number of benzene rings is 1. The largest absolute Gasteiger partial charge is 0.383 e. The molecule has 1 aliphatic heterocycles. The van der Waals surface area contributed by atoms with Gasteiger partial charge in [0, 0.05) is 42.9 Å². The van der Waals surface area contributed by atoms with Crippen LogP contribution in [0.2, 0.25) is 0 Å². The molecule has 3 aromatic rings. The highest BCUT2D eigenvalue weighted by Gasteiger charge is 2.26. The molecule has 0 spiro atoms. The Hall–Kier alpha value is -3.26. The van der Waals surface area contributed by atoms with Crippen molar-refractivity contribution in [2.24, 2.45) is 0 Å². The molecule has 144 valence electrons. The molecular weight excluding hydrogens is 358 g/mol. The fraction of sp³-hybridized carbons (Fsp3) is 0.300. The van der Waals surface area contributed by atoms with Crippen molar-refractivity contribution in [3.63, 3.8) is 0 Å². The fourth-order valence-electron chi connectivity index (χ4n) is 3.35. The number of aromatic nitrogens is 3. The number of nitrogens with zero attached hydrogens (tertiary/aromatic N) is 3.